The fourth-order valence-electron chi connectivity index (χ4n) is 2.55. The molecule has 0 aliphatic carbocycles. The normalized spacial score (nSPS) is 11.0. The molecule has 0 aliphatic heterocycles. The van der Waals surface area contributed by atoms with Crippen LogP contribution in [0.5, 0.6) is 0 Å². The predicted octanol–water partition coefficient (Wildman–Crippen LogP) is 4.37. The van der Waals surface area contributed by atoms with Crippen molar-refractivity contribution >= 4 is 39.9 Å². The Balaban J connectivity index is 2.37. The molecule has 2 rings (SSSR count). The summed E-state index contributed by atoms with van der Waals surface area (Å²) in [6, 6.07) is 10.6. The van der Waals surface area contributed by atoms with Gasteiger partial charge in [0.05, 0.1) is 0 Å². The molecule has 19 heavy (non-hydrogen) atoms. The number of hydrogen-bond donors (Lipinski definition) is 0. The van der Waals surface area contributed by atoms with Gasteiger partial charge >= 0.3 is 0 Å². The van der Waals surface area contributed by atoms with Crippen molar-refractivity contribution in [1.29, 1.82) is 0 Å². The van der Waals surface area contributed by atoms with Crippen molar-refractivity contribution in [2.45, 2.75) is 39.4 Å². The summed E-state index contributed by atoms with van der Waals surface area (Å²) in [5.74, 6) is 0.549. The Morgan fingerprint density at radius 2 is 2.00 bits per heavy atom. The Kier molecular flexibility index (Phi) is 5.12. The second-order valence-electron chi connectivity index (χ2n) is 5.35. The molecule has 0 radical (unpaired) electrons. The number of rotatable bonds is 5. The summed E-state index contributed by atoms with van der Waals surface area (Å²) in [6.45, 7) is 7.18. The molecule has 0 atom stereocenters. The molecule has 0 saturated heterocycles. The number of thiophene rings is 1. The number of hydrogen-bond acceptors (Lipinski definition) is 1. The number of halogens is 1. The molecule has 1 heterocycles. The number of benzene rings is 1. The molecule has 0 amide bonds. The van der Waals surface area contributed by atoms with Gasteiger partial charge in [0, 0.05) is 5.02 Å². The topological polar surface area (TPSA) is 0 Å². The van der Waals surface area contributed by atoms with Gasteiger partial charge in [-0.25, -0.2) is 0 Å². The van der Waals surface area contributed by atoms with Crippen molar-refractivity contribution in [2.75, 3.05) is 0 Å². The van der Waals surface area contributed by atoms with Crippen molar-refractivity contribution in [1.82, 2.24) is 0 Å². The summed E-state index contributed by atoms with van der Waals surface area (Å²) in [5, 5.41) is 3.18. The molecule has 0 unspecified atom stereocenters. The van der Waals surface area contributed by atoms with Crippen LogP contribution < -0.4 is 10.2 Å². The van der Waals surface area contributed by atoms with E-state index in [4.69, 9.17) is 11.6 Å². The minimum Gasteiger partial charge on any atom is -0.158 e. The largest absolute Gasteiger partial charge is 0.226 e. The molecule has 100 valence electrons. The first-order valence-electron chi connectivity index (χ1n) is 6.95. The molecule has 0 saturated carbocycles. The summed E-state index contributed by atoms with van der Waals surface area (Å²) in [6.07, 6.45) is 2.37. The zero-order chi connectivity index (χ0) is 13.8. The lowest BCUT2D eigenvalue weighted by molar-refractivity contribution is 0.927. The van der Waals surface area contributed by atoms with E-state index in [2.05, 4.69) is 44.4 Å². The minimum absolute atomic E-state index is 0.407. The lowest BCUT2D eigenvalue weighted by Crippen LogP contribution is -2.43. The second kappa shape index (κ2) is 6.63. The van der Waals surface area contributed by atoms with Crippen LogP contribution in [-0.2, 0) is 6.42 Å². The Labute approximate surface area is 125 Å². The van der Waals surface area contributed by atoms with Gasteiger partial charge in [-0.15, -0.1) is 0 Å². The van der Waals surface area contributed by atoms with Crippen LogP contribution >= 0.6 is 22.9 Å². The van der Waals surface area contributed by atoms with Crippen molar-refractivity contribution < 1.29 is 0 Å². The van der Waals surface area contributed by atoms with E-state index < -0.39 is 0 Å². The maximum Gasteiger partial charge on any atom is 0.226 e. The zero-order valence-electron chi connectivity index (χ0n) is 11.8. The highest BCUT2D eigenvalue weighted by molar-refractivity contribution is 7.24. The highest BCUT2D eigenvalue weighted by Gasteiger charge is 2.26. The molecule has 0 spiro atoms. The van der Waals surface area contributed by atoms with E-state index in [-0.39, 0.29) is 0 Å². The molecule has 3 heteroatoms. The third-order valence-corrected chi connectivity index (χ3v) is 4.83. The molecule has 0 bridgehead atoms. The highest BCUT2D eigenvalue weighted by Crippen LogP contribution is 2.17. The van der Waals surface area contributed by atoms with Gasteiger partial charge in [-0.3, -0.25) is 0 Å². The Bertz CT molecular complexity index is 533. The fourth-order valence-corrected chi connectivity index (χ4v) is 4.04. The molecule has 1 aromatic heterocycles. The summed E-state index contributed by atoms with van der Waals surface area (Å²) >= 11 is 8.26. The van der Waals surface area contributed by atoms with Gasteiger partial charge in [-0.2, -0.15) is 11.3 Å². The lowest BCUT2D eigenvalue weighted by Gasteiger charge is -2.17. The maximum absolute atomic E-state index is 6.39. The van der Waals surface area contributed by atoms with E-state index in [9.17, 15) is 0 Å². The minimum atomic E-state index is 0.407. The molecule has 0 N–H and O–H groups in total. The summed E-state index contributed by atoms with van der Waals surface area (Å²) in [5.41, 5.74) is 2.71. The van der Waals surface area contributed by atoms with Gasteiger partial charge < -0.3 is 0 Å². The summed E-state index contributed by atoms with van der Waals surface area (Å²) in [7, 11) is 0. The van der Waals surface area contributed by atoms with Crippen LogP contribution in [-0.4, -0.2) is 6.71 Å². The van der Waals surface area contributed by atoms with Gasteiger partial charge in [-0.05, 0) is 28.2 Å². The molecule has 0 aliphatic rings. The van der Waals surface area contributed by atoms with Crippen molar-refractivity contribution in [3.63, 3.8) is 0 Å². The SMILES string of the molecule is CCCc1csc(B(c2ccccc2Cl)C(C)C)c1. The van der Waals surface area contributed by atoms with Crippen molar-refractivity contribution in [2.24, 2.45) is 0 Å². The first-order valence-corrected chi connectivity index (χ1v) is 8.21. The summed E-state index contributed by atoms with van der Waals surface area (Å²) < 4.78 is 1.44. The molecular formula is C16H20BClS. The lowest BCUT2D eigenvalue weighted by atomic mass is 9.37. The Morgan fingerprint density at radius 1 is 1.26 bits per heavy atom. The average molecular weight is 291 g/mol. The first-order chi connectivity index (χ1) is 9.13. The van der Waals surface area contributed by atoms with E-state index in [1.807, 2.05) is 23.5 Å². The smallest absolute Gasteiger partial charge is 0.158 e. The first kappa shape index (κ1) is 14.7. The zero-order valence-corrected chi connectivity index (χ0v) is 13.4. The molecule has 0 fully saturated rings. The molecule has 0 nitrogen and oxygen atoms in total. The van der Waals surface area contributed by atoms with E-state index in [0.717, 1.165) is 5.02 Å². The Hall–Kier alpha value is -0.725. The van der Waals surface area contributed by atoms with E-state index in [1.165, 1.54) is 28.6 Å². The van der Waals surface area contributed by atoms with Crippen LogP contribution in [0, 0.1) is 0 Å². The Morgan fingerprint density at radius 3 is 2.63 bits per heavy atom. The summed E-state index contributed by atoms with van der Waals surface area (Å²) in [4.78, 5) is 0. The van der Waals surface area contributed by atoms with Crippen LogP contribution in [0.25, 0.3) is 0 Å². The highest BCUT2D eigenvalue weighted by atomic mass is 35.5. The van der Waals surface area contributed by atoms with Gasteiger partial charge in [0.25, 0.3) is 0 Å². The van der Waals surface area contributed by atoms with E-state index >= 15 is 0 Å². The van der Waals surface area contributed by atoms with Crippen LogP contribution in [0.2, 0.25) is 10.8 Å². The van der Waals surface area contributed by atoms with Crippen molar-refractivity contribution in [3.8, 4) is 0 Å². The van der Waals surface area contributed by atoms with E-state index in [0.29, 0.717) is 12.5 Å². The van der Waals surface area contributed by atoms with Crippen LogP contribution in [0.1, 0.15) is 32.8 Å². The van der Waals surface area contributed by atoms with Crippen LogP contribution in [0.15, 0.2) is 35.7 Å². The third kappa shape index (κ3) is 3.43. The second-order valence-corrected chi connectivity index (χ2v) is 6.70. The quantitative estimate of drug-likeness (QED) is 0.717. The molecule has 1 aromatic carbocycles. The molecular weight excluding hydrogens is 271 g/mol. The van der Waals surface area contributed by atoms with Gasteiger partial charge in [0.2, 0.25) is 6.71 Å². The van der Waals surface area contributed by atoms with Gasteiger partial charge in [-0.1, -0.05) is 74.3 Å². The van der Waals surface area contributed by atoms with Gasteiger partial charge in [0.1, 0.15) is 0 Å². The van der Waals surface area contributed by atoms with E-state index in [1.54, 1.807) is 0 Å². The average Bonchev–Trinajstić information content (AvgIpc) is 2.80. The predicted molar refractivity (Wildman–Crippen MR) is 89.9 cm³/mol. The third-order valence-electron chi connectivity index (χ3n) is 3.43. The standard InChI is InChI=1S/C16H20BClS/c1-4-7-13-10-16(19-11-13)17(12(2)3)14-8-5-6-9-15(14)18/h5-6,8-12H,4,7H2,1-3H3. The van der Waals surface area contributed by atoms with Crippen LogP contribution in [0.3, 0.4) is 0 Å². The number of aryl methyl sites for hydroxylation is 1. The van der Waals surface area contributed by atoms with Crippen molar-refractivity contribution in [3.05, 3.63) is 46.3 Å². The van der Waals surface area contributed by atoms with Gasteiger partial charge in [0.15, 0.2) is 0 Å². The molecule has 2 aromatic rings. The maximum atomic E-state index is 6.39. The van der Waals surface area contributed by atoms with Crippen LogP contribution in [0.4, 0.5) is 0 Å². The fraction of sp³-hybridized carbons (Fsp3) is 0.375. The monoisotopic (exact) mass is 290 g/mol.